The fourth-order valence-corrected chi connectivity index (χ4v) is 3.53. The minimum Gasteiger partial charge on any atom is -0.289 e. The predicted molar refractivity (Wildman–Crippen MR) is 109 cm³/mol. The van der Waals surface area contributed by atoms with Crippen LogP contribution in [0.1, 0.15) is 5.56 Å². The molecule has 4 aromatic rings. The minimum absolute atomic E-state index is 0.129. The Kier molecular flexibility index (Phi) is 4.44. The number of aromatic nitrogens is 3. The molecule has 0 saturated carbocycles. The van der Waals surface area contributed by atoms with Gasteiger partial charge in [-0.05, 0) is 29.1 Å². The van der Waals surface area contributed by atoms with E-state index in [1.807, 2.05) is 37.5 Å². The maximum atomic E-state index is 13.2. The molecule has 0 atom stereocenters. The summed E-state index contributed by atoms with van der Waals surface area (Å²) < 4.78 is 26.8. The Hall–Kier alpha value is -3.10. The Labute approximate surface area is 161 Å². The molecule has 0 fully saturated rings. The van der Waals surface area contributed by atoms with Gasteiger partial charge in [-0.25, -0.2) is 13.1 Å². The van der Waals surface area contributed by atoms with Crippen molar-refractivity contribution in [1.29, 1.82) is 0 Å². The lowest BCUT2D eigenvalue weighted by molar-refractivity contribution is 0.587. The number of nitrogens with one attached hydrogen (secondary N) is 1. The molecular formula is C20H18N4O3S. The SMILES string of the molecule is Cn1cc(-c2cnc3ccc4ccc(CNS(C)(=O)=O)cc4c(=O)c3c2)cn1. The first-order chi connectivity index (χ1) is 13.3. The van der Waals surface area contributed by atoms with Crippen LogP contribution in [-0.4, -0.2) is 29.4 Å². The van der Waals surface area contributed by atoms with E-state index in [0.29, 0.717) is 21.9 Å². The number of benzene rings is 1. The molecule has 2 aromatic heterocycles. The first-order valence-electron chi connectivity index (χ1n) is 8.59. The van der Waals surface area contributed by atoms with Gasteiger partial charge in [0.15, 0.2) is 5.43 Å². The van der Waals surface area contributed by atoms with Crippen LogP contribution in [0.15, 0.2) is 59.8 Å². The molecule has 0 aliphatic rings. The molecule has 0 bridgehead atoms. The molecule has 0 saturated heterocycles. The Morgan fingerprint density at radius 2 is 1.82 bits per heavy atom. The second kappa shape index (κ2) is 6.81. The van der Waals surface area contributed by atoms with E-state index in [9.17, 15) is 13.2 Å². The van der Waals surface area contributed by atoms with Crippen LogP contribution in [0.25, 0.3) is 32.8 Å². The predicted octanol–water partition coefficient (Wildman–Crippen LogP) is 2.20. The molecule has 1 N–H and O–H groups in total. The zero-order chi connectivity index (χ0) is 19.9. The third-order valence-corrected chi connectivity index (χ3v) is 5.19. The molecule has 142 valence electrons. The standard InChI is InChI=1S/C20H18N4O3S/c1-24-12-16(11-22-24)15-8-18-19(21-10-15)6-5-14-4-3-13(7-17(14)20(18)25)9-23-28(2,26)27/h3-8,10-12,23H,9H2,1-2H3. The molecule has 4 rings (SSSR count). The van der Waals surface area contributed by atoms with Crippen molar-refractivity contribution in [3.05, 3.63) is 70.8 Å². The van der Waals surface area contributed by atoms with Gasteiger partial charge in [0.25, 0.3) is 0 Å². The Morgan fingerprint density at radius 3 is 2.54 bits per heavy atom. The summed E-state index contributed by atoms with van der Waals surface area (Å²) in [6, 6.07) is 10.8. The van der Waals surface area contributed by atoms with Crippen LogP contribution < -0.4 is 10.2 Å². The highest BCUT2D eigenvalue weighted by Crippen LogP contribution is 2.22. The zero-order valence-corrected chi connectivity index (χ0v) is 16.2. The van der Waals surface area contributed by atoms with Crippen LogP contribution in [-0.2, 0) is 23.6 Å². The van der Waals surface area contributed by atoms with Crippen molar-refractivity contribution >= 4 is 31.7 Å². The van der Waals surface area contributed by atoms with Gasteiger partial charge >= 0.3 is 0 Å². The van der Waals surface area contributed by atoms with Gasteiger partial charge in [-0.3, -0.25) is 14.5 Å². The molecule has 28 heavy (non-hydrogen) atoms. The smallest absolute Gasteiger partial charge is 0.209 e. The van der Waals surface area contributed by atoms with Gasteiger partial charge in [-0.1, -0.05) is 18.2 Å². The third kappa shape index (κ3) is 3.64. The lowest BCUT2D eigenvalue weighted by Crippen LogP contribution is -2.21. The van der Waals surface area contributed by atoms with E-state index < -0.39 is 10.0 Å². The number of sulfonamides is 1. The van der Waals surface area contributed by atoms with Gasteiger partial charge in [0.05, 0.1) is 18.0 Å². The van der Waals surface area contributed by atoms with Gasteiger partial charge in [0.1, 0.15) is 0 Å². The lowest BCUT2D eigenvalue weighted by atomic mass is 10.1. The van der Waals surface area contributed by atoms with Gasteiger partial charge < -0.3 is 0 Å². The Balaban J connectivity index is 1.90. The highest BCUT2D eigenvalue weighted by molar-refractivity contribution is 7.88. The van der Waals surface area contributed by atoms with Crippen LogP contribution in [0.5, 0.6) is 0 Å². The average molecular weight is 394 g/mol. The van der Waals surface area contributed by atoms with Crippen LogP contribution in [0, 0.1) is 0 Å². The number of hydrogen-bond donors (Lipinski definition) is 1. The molecule has 0 spiro atoms. The molecule has 0 radical (unpaired) electrons. The number of nitrogens with zero attached hydrogens (tertiary/aromatic N) is 3. The number of rotatable bonds is 4. The summed E-state index contributed by atoms with van der Waals surface area (Å²) >= 11 is 0. The lowest BCUT2D eigenvalue weighted by Gasteiger charge is -2.03. The second-order valence-corrected chi connectivity index (χ2v) is 8.57. The number of aryl methyl sites for hydroxylation is 1. The molecule has 7 nitrogen and oxygen atoms in total. The Bertz CT molecular complexity index is 1380. The summed E-state index contributed by atoms with van der Waals surface area (Å²) in [6.07, 6.45) is 6.42. The minimum atomic E-state index is -3.31. The largest absolute Gasteiger partial charge is 0.289 e. The molecular weight excluding hydrogens is 376 g/mol. The van der Waals surface area contributed by atoms with Crippen molar-refractivity contribution in [2.45, 2.75) is 6.54 Å². The van der Waals surface area contributed by atoms with Gasteiger partial charge in [-0.15, -0.1) is 0 Å². The maximum Gasteiger partial charge on any atom is 0.209 e. The van der Waals surface area contributed by atoms with Crippen molar-refractivity contribution < 1.29 is 8.42 Å². The van der Waals surface area contributed by atoms with Crippen molar-refractivity contribution in [3.63, 3.8) is 0 Å². The van der Waals surface area contributed by atoms with E-state index in [4.69, 9.17) is 0 Å². The zero-order valence-electron chi connectivity index (χ0n) is 15.4. The van der Waals surface area contributed by atoms with Crippen LogP contribution in [0.4, 0.5) is 0 Å². The van der Waals surface area contributed by atoms with Crippen LogP contribution >= 0.6 is 0 Å². The summed E-state index contributed by atoms with van der Waals surface area (Å²) in [5.41, 5.74) is 2.86. The van der Waals surface area contributed by atoms with Crippen molar-refractivity contribution in [2.24, 2.45) is 7.05 Å². The monoisotopic (exact) mass is 394 g/mol. The van der Waals surface area contributed by atoms with Gasteiger partial charge in [0, 0.05) is 47.9 Å². The summed E-state index contributed by atoms with van der Waals surface area (Å²) in [4.78, 5) is 17.7. The summed E-state index contributed by atoms with van der Waals surface area (Å²) in [6.45, 7) is 0.129. The Morgan fingerprint density at radius 1 is 1.04 bits per heavy atom. The van der Waals surface area contributed by atoms with Crippen molar-refractivity contribution in [3.8, 4) is 11.1 Å². The number of fused-ring (bicyclic) bond motifs is 2. The van der Waals surface area contributed by atoms with E-state index in [2.05, 4.69) is 14.8 Å². The first-order valence-corrected chi connectivity index (χ1v) is 10.5. The fraction of sp³-hybridized carbons (Fsp3) is 0.150. The molecule has 0 aliphatic heterocycles. The quantitative estimate of drug-likeness (QED) is 0.573. The number of pyridine rings is 1. The van der Waals surface area contributed by atoms with E-state index in [1.54, 1.807) is 29.2 Å². The van der Waals surface area contributed by atoms with Crippen molar-refractivity contribution in [2.75, 3.05) is 6.26 Å². The van der Waals surface area contributed by atoms with Gasteiger partial charge in [0.2, 0.25) is 10.0 Å². The van der Waals surface area contributed by atoms with E-state index >= 15 is 0 Å². The molecule has 0 unspecified atom stereocenters. The average Bonchev–Trinajstić information content (AvgIpc) is 3.04. The normalized spacial score (nSPS) is 11.9. The first kappa shape index (κ1) is 18.3. The molecule has 8 heteroatoms. The molecule has 2 heterocycles. The molecule has 0 aliphatic carbocycles. The highest BCUT2D eigenvalue weighted by Gasteiger charge is 2.09. The summed E-state index contributed by atoms with van der Waals surface area (Å²) in [7, 11) is -1.48. The third-order valence-electron chi connectivity index (χ3n) is 4.52. The van der Waals surface area contributed by atoms with E-state index in [1.165, 1.54) is 0 Å². The van der Waals surface area contributed by atoms with Crippen molar-refractivity contribution in [1.82, 2.24) is 19.5 Å². The number of hydrogen-bond acceptors (Lipinski definition) is 5. The van der Waals surface area contributed by atoms with Crippen LogP contribution in [0.3, 0.4) is 0 Å². The van der Waals surface area contributed by atoms with Crippen LogP contribution in [0.2, 0.25) is 0 Å². The second-order valence-electron chi connectivity index (χ2n) is 6.74. The van der Waals surface area contributed by atoms with E-state index in [0.717, 1.165) is 22.8 Å². The maximum absolute atomic E-state index is 13.2. The fourth-order valence-electron chi connectivity index (χ4n) is 3.10. The highest BCUT2D eigenvalue weighted by atomic mass is 32.2. The molecule has 0 amide bonds. The topological polar surface area (TPSA) is 94.0 Å². The molecule has 2 aromatic carbocycles. The summed E-state index contributed by atoms with van der Waals surface area (Å²) in [5, 5.41) is 5.96. The van der Waals surface area contributed by atoms with E-state index in [-0.39, 0.29) is 12.0 Å². The van der Waals surface area contributed by atoms with Gasteiger partial charge in [-0.2, -0.15) is 5.10 Å². The summed E-state index contributed by atoms with van der Waals surface area (Å²) in [5.74, 6) is 0.